The lowest BCUT2D eigenvalue weighted by molar-refractivity contribution is -0.119. The van der Waals surface area contributed by atoms with Gasteiger partial charge in [0.25, 0.3) is 11.8 Å². The lowest BCUT2D eigenvalue weighted by Crippen LogP contribution is -2.31. The number of aliphatic hydroxyl groups is 1. The van der Waals surface area contributed by atoms with Crippen molar-refractivity contribution < 1.29 is 28.9 Å². The van der Waals surface area contributed by atoms with Crippen LogP contribution in [0.15, 0.2) is 47.4 Å². The molecule has 7 nitrogen and oxygen atoms in total. The van der Waals surface area contributed by atoms with Crippen LogP contribution in [0.4, 0.5) is 5.69 Å². The van der Waals surface area contributed by atoms with Crippen molar-refractivity contribution in [1.82, 2.24) is 0 Å². The monoisotopic (exact) mass is 429 g/mol. The standard InChI is InChI=1S/C22H23NO6S/c1-4-29-16-8-6-15(7-9-16)23-21(25)19(20(22(23)26)30-12-11-24)14-5-10-17(27-2)18(13-14)28-3/h5-10,13,24H,4,11-12H2,1-3H3. The maximum atomic E-state index is 13.3. The highest BCUT2D eigenvalue weighted by atomic mass is 32.2. The van der Waals surface area contributed by atoms with Gasteiger partial charge in [-0.15, -0.1) is 11.8 Å². The highest BCUT2D eigenvalue weighted by Gasteiger charge is 2.40. The van der Waals surface area contributed by atoms with Gasteiger partial charge in [-0.25, -0.2) is 4.90 Å². The first kappa shape index (κ1) is 21.7. The van der Waals surface area contributed by atoms with Crippen LogP contribution in [-0.2, 0) is 9.59 Å². The Balaban J connectivity index is 2.03. The highest BCUT2D eigenvalue weighted by molar-refractivity contribution is 8.04. The average molecular weight is 429 g/mol. The van der Waals surface area contributed by atoms with Crippen LogP contribution in [0, 0.1) is 0 Å². The lowest BCUT2D eigenvalue weighted by Gasteiger charge is -2.16. The smallest absolute Gasteiger partial charge is 0.272 e. The first-order valence-corrected chi connectivity index (χ1v) is 10.4. The number of benzene rings is 2. The number of anilines is 1. The van der Waals surface area contributed by atoms with Gasteiger partial charge in [-0.3, -0.25) is 9.59 Å². The summed E-state index contributed by atoms with van der Waals surface area (Å²) in [4.78, 5) is 27.9. The van der Waals surface area contributed by atoms with Crippen molar-refractivity contribution in [3.63, 3.8) is 0 Å². The third kappa shape index (κ3) is 4.15. The summed E-state index contributed by atoms with van der Waals surface area (Å²) in [7, 11) is 3.03. The van der Waals surface area contributed by atoms with Crippen LogP contribution < -0.4 is 19.1 Å². The van der Waals surface area contributed by atoms with Crippen LogP contribution in [0.1, 0.15) is 12.5 Å². The number of methoxy groups -OCH3 is 2. The molecule has 0 aliphatic carbocycles. The molecule has 2 aromatic rings. The molecule has 0 saturated heterocycles. The Morgan fingerprint density at radius 3 is 2.27 bits per heavy atom. The number of ether oxygens (including phenoxy) is 3. The second kappa shape index (κ2) is 9.69. The SMILES string of the molecule is CCOc1ccc(N2C(=O)C(SCCO)=C(c3ccc(OC)c(OC)c3)C2=O)cc1. The van der Waals surface area contributed by atoms with E-state index in [1.807, 2.05) is 6.92 Å². The fraction of sp³-hybridized carbons (Fsp3) is 0.273. The summed E-state index contributed by atoms with van der Waals surface area (Å²) < 4.78 is 16.0. The zero-order chi connectivity index (χ0) is 21.7. The van der Waals surface area contributed by atoms with Crippen LogP contribution in [0.2, 0.25) is 0 Å². The van der Waals surface area contributed by atoms with Crippen molar-refractivity contribution >= 4 is 34.8 Å². The molecule has 158 valence electrons. The third-order valence-corrected chi connectivity index (χ3v) is 5.51. The van der Waals surface area contributed by atoms with Gasteiger partial charge in [0, 0.05) is 5.75 Å². The summed E-state index contributed by atoms with van der Waals surface area (Å²) >= 11 is 1.15. The lowest BCUT2D eigenvalue weighted by atomic mass is 10.1. The molecule has 1 N–H and O–H groups in total. The first-order valence-electron chi connectivity index (χ1n) is 9.37. The second-order valence-electron chi connectivity index (χ2n) is 6.22. The van der Waals surface area contributed by atoms with E-state index in [0.717, 1.165) is 16.7 Å². The molecule has 0 unspecified atom stereocenters. The van der Waals surface area contributed by atoms with Gasteiger partial charge in [0.1, 0.15) is 5.75 Å². The minimum absolute atomic E-state index is 0.113. The molecule has 0 aromatic heterocycles. The van der Waals surface area contributed by atoms with E-state index >= 15 is 0 Å². The number of imide groups is 1. The average Bonchev–Trinajstić information content (AvgIpc) is 3.02. The zero-order valence-electron chi connectivity index (χ0n) is 17.0. The van der Waals surface area contributed by atoms with Gasteiger partial charge in [-0.1, -0.05) is 6.07 Å². The predicted molar refractivity (Wildman–Crippen MR) is 116 cm³/mol. The van der Waals surface area contributed by atoms with Gasteiger partial charge in [0.05, 0.1) is 43.6 Å². The van der Waals surface area contributed by atoms with Gasteiger partial charge in [0.2, 0.25) is 0 Å². The molecule has 0 fully saturated rings. The number of amides is 2. The Kier molecular flexibility index (Phi) is 7.02. The summed E-state index contributed by atoms with van der Waals surface area (Å²) in [5, 5.41) is 9.25. The van der Waals surface area contributed by atoms with E-state index in [-0.39, 0.29) is 17.1 Å². The van der Waals surface area contributed by atoms with Crippen molar-refractivity contribution in [1.29, 1.82) is 0 Å². The molecule has 3 rings (SSSR count). The summed E-state index contributed by atoms with van der Waals surface area (Å²) in [6, 6.07) is 11.8. The van der Waals surface area contributed by atoms with Gasteiger partial charge in [-0.05, 0) is 48.9 Å². The van der Waals surface area contributed by atoms with Crippen LogP contribution >= 0.6 is 11.8 Å². The molecule has 0 saturated carbocycles. The first-order chi connectivity index (χ1) is 14.5. The molecular formula is C22H23NO6S. The van der Waals surface area contributed by atoms with E-state index in [1.165, 1.54) is 14.2 Å². The number of hydrogen-bond acceptors (Lipinski definition) is 7. The summed E-state index contributed by atoms with van der Waals surface area (Å²) in [5.74, 6) is 1.07. The molecule has 8 heteroatoms. The molecule has 0 spiro atoms. The van der Waals surface area contributed by atoms with E-state index < -0.39 is 11.8 Å². The number of hydrogen-bond donors (Lipinski definition) is 1. The zero-order valence-corrected chi connectivity index (χ0v) is 17.8. The van der Waals surface area contributed by atoms with Crippen molar-refractivity contribution in [2.75, 3.05) is 38.1 Å². The fourth-order valence-electron chi connectivity index (χ4n) is 3.13. The number of carbonyl (C=O) groups excluding carboxylic acids is 2. The maximum absolute atomic E-state index is 13.3. The summed E-state index contributed by atoms with van der Waals surface area (Å²) in [6.07, 6.45) is 0. The third-order valence-electron chi connectivity index (χ3n) is 4.46. The quantitative estimate of drug-likeness (QED) is 0.613. The Labute approximate surface area is 179 Å². The number of thioether (sulfide) groups is 1. The molecule has 1 heterocycles. The molecule has 2 aromatic carbocycles. The molecule has 0 bridgehead atoms. The Morgan fingerprint density at radius 2 is 1.67 bits per heavy atom. The molecule has 1 aliphatic rings. The largest absolute Gasteiger partial charge is 0.494 e. The molecule has 30 heavy (non-hydrogen) atoms. The van der Waals surface area contributed by atoms with Crippen molar-refractivity contribution in [2.24, 2.45) is 0 Å². The van der Waals surface area contributed by atoms with Crippen LogP contribution in [-0.4, -0.2) is 50.1 Å². The van der Waals surface area contributed by atoms with Crippen LogP contribution in [0.3, 0.4) is 0 Å². The van der Waals surface area contributed by atoms with E-state index in [4.69, 9.17) is 14.2 Å². The molecular weight excluding hydrogens is 406 g/mol. The Hall–Kier alpha value is -2.97. The van der Waals surface area contributed by atoms with E-state index in [0.29, 0.717) is 40.9 Å². The van der Waals surface area contributed by atoms with Gasteiger partial charge in [-0.2, -0.15) is 0 Å². The van der Waals surface area contributed by atoms with Crippen molar-refractivity contribution in [3.05, 3.63) is 52.9 Å². The fourth-order valence-corrected chi connectivity index (χ4v) is 3.99. The second-order valence-corrected chi connectivity index (χ2v) is 7.32. The predicted octanol–water partition coefficient (Wildman–Crippen LogP) is 3.11. The van der Waals surface area contributed by atoms with Crippen molar-refractivity contribution in [2.45, 2.75) is 6.92 Å². The number of nitrogens with zero attached hydrogens (tertiary/aromatic N) is 1. The topological polar surface area (TPSA) is 85.3 Å². The minimum Gasteiger partial charge on any atom is -0.494 e. The number of rotatable bonds is 9. The molecule has 0 atom stereocenters. The molecule has 2 amide bonds. The number of carbonyl (C=O) groups is 2. The molecule has 0 radical (unpaired) electrons. The van der Waals surface area contributed by atoms with E-state index in [9.17, 15) is 14.7 Å². The normalized spacial score (nSPS) is 13.8. The van der Waals surface area contributed by atoms with Gasteiger partial charge in [0.15, 0.2) is 11.5 Å². The molecule has 1 aliphatic heterocycles. The summed E-state index contributed by atoms with van der Waals surface area (Å²) in [5.41, 5.74) is 1.26. The Morgan fingerprint density at radius 1 is 0.967 bits per heavy atom. The maximum Gasteiger partial charge on any atom is 0.272 e. The summed E-state index contributed by atoms with van der Waals surface area (Å²) in [6.45, 7) is 2.29. The Bertz CT molecular complexity index is 970. The highest BCUT2D eigenvalue weighted by Crippen LogP contribution is 2.40. The minimum atomic E-state index is -0.434. The van der Waals surface area contributed by atoms with E-state index in [1.54, 1.807) is 42.5 Å². The van der Waals surface area contributed by atoms with Gasteiger partial charge < -0.3 is 19.3 Å². The van der Waals surface area contributed by atoms with E-state index in [2.05, 4.69) is 0 Å². The van der Waals surface area contributed by atoms with Crippen LogP contribution in [0.25, 0.3) is 5.57 Å². The van der Waals surface area contributed by atoms with Gasteiger partial charge >= 0.3 is 0 Å². The van der Waals surface area contributed by atoms with Crippen LogP contribution in [0.5, 0.6) is 17.2 Å². The van der Waals surface area contributed by atoms with Crippen molar-refractivity contribution in [3.8, 4) is 17.2 Å². The number of aliphatic hydroxyl groups excluding tert-OH is 1.